The van der Waals surface area contributed by atoms with Crippen molar-refractivity contribution in [2.45, 2.75) is 63.3 Å². The molecule has 2 unspecified atom stereocenters. The van der Waals surface area contributed by atoms with Gasteiger partial charge in [-0.1, -0.05) is 13.8 Å². The predicted octanol–water partition coefficient (Wildman–Crippen LogP) is 1.56. The van der Waals surface area contributed by atoms with Crippen LogP contribution in [0.1, 0.15) is 46.5 Å². The normalized spacial score (nSPS) is 25.3. The minimum absolute atomic E-state index is 0.126. The summed E-state index contributed by atoms with van der Waals surface area (Å²) in [7, 11) is -3.54. The molecular formula is C12H22N2O3S. The molecule has 0 aromatic carbocycles. The highest BCUT2D eigenvalue weighted by molar-refractivity contribution is 7.90. The average molecular weight is 274 g/mol. The maximum atomic E-state index is 11.8. The molecule has 0 radical (unpaired) electrons. The number of rotatable bonds is 5. The van der Waals surface area contributed by atoms with E-state index in [-0.39, 0.29) is 11.6 Å². The molecule has 5 nitrogen and oxygen atoms in total. The summed E-state index contributed by atoms with van der Waals surface area (Å²) in [5, 5.41) is 7.69. The maximum absolute atomic E-state index is 11.8. The van der Waals surface area contributed by atoms with Crippen molar-refractivity contribution < 1.29 is 13.2 Å². The van der Waals surface area contributed by atoms with Crippen LogP contribution in [0.25, 0.3) is 0 Å². The van der Waals surface area contributed by atoms with E-state index < -0.39 is 15.3 Å². The van der Waals surface area contributed by atoms with Crippen molar-refractivity contribution in [3.05, 3.63) is 0 Å². The van der Waals surface area contributed by atoms with Crippen molar-refractivity contribution in [3.63, 3.8) is 0 Å². The van der Waals surface area contributed by atoms with E-state index in [2.05, 4.69) is 18.6 Å². The fraction of sp³-hybridized carbons (Fsp3) is 0.917. The van der Waals surface area contributed by atoms with Gasteiger partial charge < -0.3 is 4.74 Å². The fourth-order valence-electron chi connectivity index (χ4n) is 2.27. The van der Waals surface area contributed by atoms with E-state index in [4.69, 9.17) is 10.00 Å². The Hall–Kier alpha value is -0.640. The second-order valence-electron chi connectivity index (χ2n) is 4.86. The predicted molar refractivity (Wildman–Crippen MR) is 69.4 cm³/mol. The van der Waals surface area contributed by atoms with Crippen LogP contribution in [0.5, 0.6) is 0 Å². The second kappa shape index (κ2) is 6.00. The summed E-state index contributed by atoms with van der Waals surface area (Å²) < 4.78 is 32.1. The van der Waals surface area contributed by atoms with Crippen molar-refractivity contribution in [2.75, 3.05) is 6.61 Å². The van der Waals surface area contributed by atoms with Gasteiger partial charge in [0.25, 0.3) is 0 Å². The third-order valence-corrected chi connectivity index (χ3v) is 5.46. The van der Waals surface area contributed by atoms with E-state index in [9.17, 15) is 8.42 Å². The molecule has 18 heavy (non-hydrogen) atoms. The van der Waals surface area contributed by atoms with E-state index in [1.54, 1.807) is 6.07 Å². The lowest BCUT2D eigenvalue weighted by atomic mass is 9.86. The van der Waals surface area contributed by atoms with Crippen LogP contribution in [0, 0.1) is 11.3 Å². The van der Waals surface area contributed by atoms with Crippen molar-refractivity contribution in [1.82, 2.24) is 4.72 Å². The molecule has 1 aliphatic heterocycles. The largest absolute Gasteiger partial charge is 0.375 e. The Kier molecular flexibility index (Phi) is 5.14. The van der Waals surface area contributed by atoms with Crippen molar-refractivity contribution >= 4 is 10.0 Å². The average Bonchev–Trinajstić information content (AvgIpc) is 2.37. The molecule has 0 aromatic rings. The van der Waals surface area contributed by atoms with E-state index >= 15 is 0 Å². The van der Waals surface area contributed by atoms with Gasteiger partial charge in [0.1, 0.15) is 0 Å². The van der Waals surface area contributed by atoms with Crippen LogP contribution in [0.4, 0.5) is 0 Å². The molecule has 0 bridgehead atoms. The van der Waals surface area contributed by atoms with Crippen LogP contribution >= 0.6 is 0 Å². The number of nitrogens with one attached hydrogen (secondary N) is 1. The van der Waals surface area contributed by atoms with Gasteiger partial charge in [-0.15, -0.1) is 0 Å². The molecule has 104 valence electrons. The number of hydrogen-bond acceptors (Lipinski definition) is 4. The van der Waals surface area contributed by atoms with Crippen molar-refractivity contribution in [1.29, 1.82) is 5.26 Å². The minimum Gasteiger partial charge on any atom is -0.375 e. The summed E-state index contributed by atoms with van der Waals surface area (Å²) in [4.78, 5) is 0. The number of ether oxygens (including phenoxy) is 1. The molecule has 0 aromatic heterocycles. The Labute approximate surface area is 110 Å². The monoisotopic (exact) mass is 274 g/mol. The maximum Gasteiger partial charge on any atom is 0.227 e. The molecule has 1 saturated heterocycles. The van der Waals surface area contributed by atoms with Crippen LogP contribution in [-0.2, 0) is 14.8 Å². The molecule has 0 amide bonds. The Morgan fingerprint density at radius 1 is 1.50 bits per heavy atom. The SMILES string of the molecule is CCC1(CC)CC(NS(=O)(=O)C(C)C#N)CCO1. The first kappa shape index (κ1) is 15.4. The summed E-state index contributed by atoms with van der Waals surface area (Å²) in [6.07, 6.45) is 3.08. The molecular weight excluding hydrogens is 252 g/mol. The highest BCUT2D eigenvalue weighted by atomic mass is 32.2. The number of hydrogen-bond donors (Lipinski definition) is 1. The molecule has 1 fully saturated rings. The molecule has 1 aliphatic rings. The highest BCUT2D eigenvalue weighted by Gasteiger charge is 2.36. The van der Waals surface area contributed by atoms with Gasteiger partial charge in [-0.3, -0.25) is 0 Å². The van der Waals surface area contributed by atoms with Gasteiger partial charge in [-0.05, 0) is 32.6 Å². The van der Waals surface area contributed by atoms with Gasteiger partial charge >= 0.3 is 0 Å². The van der Waals surface area contributed by atoms with Gasteiger partial charge in [0.15, 0.2) is 5.25 Å². The Balaban J connectivity index is 2.72. The third-order valence-electron chi connectivity index (χ3n) is 3.76. The van der Waals surface area contributed by atoms with Crippen LogP contribution < -0.4 is 4.72 Å². The van der Waals surface area contributed by atoms with Gasteiger partial charge in [0, 0.05) is 12.6 Å². The summed E-state index contributed by atoms with van der Waals surface area (Å²) in [5.41, 5.74) is -0.221. The molecule has 0 aliphatic carbocycles. The lowest BCUT2D eigenvalue weighted by molar-refractivity contribution is -0.0905. The van der Waals surface area contributed by atoms with E-state index in [1.165, 1.54) is 6.92 Å². The molecule has 0 saturated carbocycles. The summed E-state index contributed by atoms with van der Waals surface area (Å²) in [6.45, 7) is 6.07. The Morgan fingerprint density at radius 3 is 2.61 bits per heavy atom. The summed E-state index contributed by atoms with van der Waals surface area (Å²) in [6, 6.07) is 1.64. The Bertz CT molecular complexity index is 410. The molecule has 1 rings (SSSR count). The van der Waals surface area contributed by atoms with Crippen LogP contribution in [0.3, 0.4) is 0 Å². The first-order chi connectivity index (χ1) is 8.39. The highest BCUT2D eigenvalue weighted by Crippen LogP contribution is 2.31. The topological polar surface area (TPSA) is 79.2 Å². The van der Waals surface area contributed by atoms with Crippen LogP contribution in [-0.4, -0.2) is 31.9 Å². The molecule has 6 heteroatoms. The first-order valence-electron chi connectivity index (χ1n) is 6.44. The van der Waals surface area contributed by atoms with Gasteiger partial charge in [-0.2, -0.15) is 5.26 Å². The zero-order chi connectivity index (χ0) is 13.8. The number of nitrogens with zero attached hydrogens (tertiary/aromatic N) is 1. The molecule has 2 atom stereocenters. The second-order valence-corrected chi connectivity index (χ2v) is 6.90. The smallest absolute Gasteiger partial charge is 0.227 e. The van der Waals surface area contributed by atoms with Crippen LogP contribution in [0.15, 0.2) is 0 Å². The minimum atomic E-state index is -3.54. The molecule has 0 spiro atoms. The van der Waals surface area contributed by atoms with Gasteiger partial charge in [-0.25, -0.2) is 13.1 Å². The lowest BCUT2D eigenvalue weighted by Crippen LogP contribution is -2.49. The lowest BCUT2D eigenvalue weighted by Gasteiger charge is -2.40. The van der Waals surface area contributed by atoms with Gasteiger partial charge in [0.05, 0.1) is 11.7 Å². The van der Waals surface area contributed by atoms with Gasteiger partial charge in [0.2, 0.25) is 10.0 Å². The summed E-state index contributed by atoms with van der Waals surface area (Å²) in [5.74, 6) is 0. The summed E-state index contributed by atoms with van der Waals surface area (Å²) >= 11 is 0. The van der Waals surface area contributed by atoms with E-state index in [0.717, 1.165) is 12.8 Å². The standard InChI is InChI=1S/C12H22N2O3S/c1-4-12(5-2)8-11(6-7-17-12)14-18(15,16)10(3)9-13/h10-11,14H,4-8H2,1-3H3. The number of nitriles is 1. The van der Waals surface area contributed by atoms with Crippen molar-refractivity contribution in [3.8, 4) is 6.07 Å². The number of sulfonamides is 1. The third kappa shape index (κ3) is 3.44. The first-order valence-corrected chi connectivity index (χ1v) is 7.98. The van der Waals surface area contributed by atoms with E-state index in [0.29, 0.717) is 19.4 Å². The molecule has 1 N–H and O–H groups in total. The van der Waals surface area contributed by atoms with Crippen LogP contribution in [0.2, 0.25) is 0 Å². The zero-order valence-corrected chi connectivity index (χ0v) is 12.1. The fourth-order valence-corrected chi connectivity index (χ4v) is 3.28. The van der Waals surface area contributed by atoms with E-state index in [1.807, 2.05) is 0 Å². The zero-order valence-electron chi connectivity index (χ0n) is 11.3. The Morgan fingerprint density at radius 2 is 2.11 bits per heavy atom. The quantitative estimate of drug-likeness (QED) is 0.825. The van der Waals surface area contributed by atoms with Crippen molar-refractivity contribution in [2.24, 2.45) is 0 Å². The molecule has 1 heterocycles.